The molecule has 2 fully saturated rings. The van der Waals surface area contributed by atoms with Gasteiger partial charge >= 0.3 is 0 Å². The summed E-state index contributed by atoms with van der Waals surface area (Å²) in [5.74, 6) is 0.946. The van der Waals surface area contributed by atoms with Crippen molar-refractivity contribution in [1.82, 2.24) is 10.1 Å². The summed E-state index contributed by atoms with van der Waals surface area (Å²) in [6.45, 7) is 0. The Kier molecular flexibility index (Phi) is 3.71. The van der Waals surface area contributed by atoms with Crippen LogP contribution in [-0.2, 0) is 11.2 Å². The van der Waals surface area contributed by atoms with Gasteiger partial charge in [-0.25, -0.2) is 0 Å². The van der Waals surface area contributed by atoms with Gasteiger partial charge in [-0.15, -0.1) is 0 Å². The lowest BCUT2D eigenvalue weighted by atomic mass is 10.1. The maximum atomic E-state index is 12.9. The fourth-order valence-electron chi connectivity index (χ4n) is 3.70. The molecule has 1 aromatic carbocycles. The van der Waals surface area contributed by atoms with E-state index in [1.54, 1.807) is 7.11 Å². The smallest absolute Gasteiger partial charge is 0.229 e. The summed E-state index contributed by atoms with van der Waals surface area (Å²) in [6, 6.07) is 6.46. The number of benzene rings is 1. The maximum absolute atomic E-state index is 12.9. The van der Waals surface area contributed by atoms with Crippen LogP contribution in [0.15, 0.2) is 22.7 Å². The third-order valence-electron chi connectivity index (χ3n) is 5.02. The normalized spacial score (nSPS) is 18.5. The van der Waals surface area contributed by atoms with Gasteiger partial charge in [-0.1, -0.05) is 18.0 Å². The molecular formula is C18H22N2O3. The average Bonchev–Trinajstić information content (AvgIpc) is 3.09. The molecule has 2 aromatic rings. The Hall–Kier alpha value is -2.04. The summed E-state index contributed by atoms with van der Waals surface area (Å²) in [7, 11) is 1.63. The number of aromatic nitrogens is 1. The van der Waals surface area contributed by atoms with Crippen LogP contribution in [0.1, 0.15) is 44.2 Å². The Balaban J connectivity index is 1.57. The Morgan fingerprint density at radius 3 is 2.70 bits per heavy atom. The highest BCUT2D eigenvalue weighted by atomic mass is 16.5. The van der Waals surface area contributed by atoms with Crippen LogP contribution in [0.25, 0.3) is 11.0 Å². The molecule has 0 unspecified atom stereocenters. The molecule has 5 nitrogen and oxygen atoms in total. The molecule has 0 radical (unpaired) electrons. The number of nitrogens with zero attached hydrogens (tertiary/aromatic N) is 2. The minimum Gasteiger partial charge on any atom is -0.497 e. The minimum atomic E-state index is 0.192. The number of amides is 1. The minimum absolute atomic E-state index is 0.192. The molecule has 0 spiro atoms. The van der Waals surface area contributed by atoms with E-state index in [1.807, 2.05) is 18.2 Å². The van der Waals surface area contributed by atoms with Crippen LogP contribution in [-0.4, -0.2) is 35.2 Å². The third kappa shape index (κ3) is 2.80. The van der Waals surface area contributed by atoms with Crippen LogP contribution < -0.4 is 4.74 Å². The largest absolute Gasteiger partial charge is 0.497 e. The van der Waals surface area contributed by atoms with Crippen molar-refractivity contribution >= 4 is 16.9 Å². The van der Waals surface area contributed by atoms with Crippen LogP contribution in [0.3, 0.4) is 0 Å². The van der Waals surface area contributed by atoms with E-state index in [-0.39, 0.29) is 5.91 Å². The van der Waals surface area contributed by atoms with Gasteiger partial charge in [0, 0.05) is 17.5 Å². The number of fused-ring (bicyclic) bond motifs is 1. The van der Waals surface area contributed by atoms with Gasteiger partial charge in [0.25, 0.3) is 0 Å². The van der Waals surface area contributed by atoms with Gasteiger partial charge in [-0.3, -0.25) is 4.79 Å². The number of rotatable bonds is 5. The van der Waals surface area contributed by atoms with Gasteiger partial charge < -0.3 is 14.2 Å². The van der Waals surface area contributed by atoms with E-state index in [0.29, 0.717) is 29.8 Å². The predicted molar refractivity (Wildman–Crippen MR) is 86.4 cm³/mol. The Bertz CT molecular complexity index is 714. The lowest BCUT2D eigenvalue weighted by Gasteiger charge is -2.29. The predicted octanol–water partition coefficient (Wildman–Crippen LogP) is 3.31. The molecule has 2 aliphatic carbocycles. The van der Waals surface area contributed by atoms with Crippen molar-refractivity contribution in [2.75, 3.05) is 7.11 Å². The first-order valence-corrected chi connectivity index (χ1v) is 8.49. The van der Waals surface area contributed by atoms with Gasteiger partial charge in [-0.2, -0.15) is 0 Å². The maximum Gasteiger partial charge on any atom is 0.229 e. The van der Waals surface area contributed by atoms with Crippen LogP contribution in [0.4, 0.5) is 0 Å². The monoisotopic (exact) mass is 314 g/mol. The van der Waals surface area contributed by atoms with Crippen LogP contribution in [0.5, 0.6) is 5.75 Å². The number of hydrogen-bond acceptors (Lipinski definition) is 4. The van der Waals surface area contributed by atoms with Crippen molar-refractivity contribution in [3.63, 3.8) is 0 Å². The molecule has 4 rings (SSSR count). The van der Waals surface area contributed by atoms with Gasteiger partial charge in [0.2, 0.25) is 5.91 Å². The van der Waals surface area contributed by atoms with Gasteiger partial charge in [-0.05, 0) is 43.9 Å². The zero-order valence-corrected chi connectivity index (χ0v) is 13.5. The second-order valence-electron chi connectivity index (χ2n) is 6.64. The fraction of sp³-hybridized carbons (Fsp3) is 0.556. The second-order valence-corrected chi connectivity index (χ2v) is 6.64. The number of hydrogen-bond donors (Lipinski definition) is 0. The second kappa shape index (κ2) is 5.87. The quantitative estimate of drug-likeness (QED) is 0.849. The Morgan fingerprint density at radius 1 is 1.26 bits per heavy atom. The molecule has 0 bridgehead atoms. The number of carbonyl (C=O) groups is 1. The summed E-state index contributed by atoms with van der Waals surface area (Å²) in [5.41, 5.74) is 1.42. The molecule has 2 saturated carbocycles. The zero-order chi connectivity index (χ0) is 15.8. The zero-order valence-electron chi connectivity index (χ0n) is 13.5. The van der Waals surface area contributed by atoms with Gasteiger partial charge in [0.1, 0.15) is 11.4 Å². The van der Waals surface area contributed by atoms with Crippen LogP contribution in [0, 0.1) is 0 Å². The summed E-state index contributed by atoms with van der Waals surface area (Å²) in [4.78, 5) is 15.0. The molecule has 0 saturated heterocycles. The molecule has 0 aliphatic heterocycles. The number of ether oxygens (including phenoxy) is 1. The number of methoxy groups -OCH3 is 1. The standard InChI is InChI=1S/C18H22N2O3/c1-22-14-8-9-17-15(10-14)16(19-23-17)11-18(21)20(13-6-7-13)12-4-2-3-5-12/h8-10,12-13H,2-7,11H2,1H3. The van der Waals surface area contributed by atoms with Gasteiger partial charge in [0.05, 0.1) is 13.5 Å². The van der Waals surface area contributed by atoms with Crippen molar-refractivity contribution in [1.29, 1.82) is 0 Å². The first kappa shape index (κ1) is 14.5. The number of carbonyl (C=O) groups excluding carboxylic acids is 1. The highest BCUT2D eigenvalue weighted by molar-refractivity contribution is 5.87. The van der Waals surface area contributed by atoms with Crippen molar-refractivity contribution in [3.8, 4) is 5.75 Å². The lowest BCUT2D eigenvalue weighted by Crippen LogP contribution is -2.41. The summed E-state index contributed by atoms with van der Waals surface area (Å²) >= 11 is 0. The van der Waals surface area contributed by atoms with E-state index < -0.39 is 0 Å². The summed E-state index contributed by atoms with van der Waals surface area (Å²) in [6.07, 6.45) is 7.39. The molecular weight excluding hydrogens is 292 g/mol. The van der Waals surface area contributed by atoms with Crippen LogP contribution in [0.2, 0.25) is 0 Å². The lowest BCUT2D eigenvalue weighted by molar-refractivity contribution is -0.133. The molecule has 1 amide bonds. The molecule has 0 N–H and O–H groups in total. The first-order valence-electron chi connectivity index (χ1n) is 8.49. The average molecular weight is 314 g/mol. The topological polar surface area (TPSA) is 55.6 Å². The fourth-order valence-corrected chi connectivity index (χ4v) is 3.70. The molecule has 23 heavy (non-hydrogen) atoms. The van der Waals surface area contributed by atoms with E-state index in [1.165, 1.54) is 12.8 Å². The SMILES string of the molecule is COc1ccc2onc(CC(=O)N(C3CCCC3)C3CC3)c2c1. The van der Waals surface area contributed by atoms with E-state index >= 15 is 0 Å². The summed E-state index contributed by atoms with van der Waals surface area (Å²) in [5, 5.41) is 5.00. The molecule has 0 atom stereocenters. The van der Waals surface area contributed by atoms with Gasteiger partial charge in [0.15, 0.2) is 5.58 Å². The third-order valence-corrected chi connectivity index (χ3v) is 5.02. The Morgan fingerprint density at radius 2 is 2.00 bits per heavy atom. The molecule has 1 heterocycles. The summed E-state index contributed by atoms with van der Waals surface area (Å²) < 4.78 is 10.6. The highest BCUT2D eigenvalue weighted by Crippen LogP contribution is 2.35. The van der Waals surface area contributed by atoms with Crippen molar-refractivity contribution in [3.05, 3.63) is 23.9 Å². The molecule has 5 heteroatoms. The highest BCUT2D eigenvalue weighted by Gasteiger charge is 2.38. The van der Waals surface area contributed by atoms with E-state index in [9.17, 15) is 4.79 Å². The van der Waals surface area contributed by atoms with E-state index in [0.717, 1.165) is 36.8 Å². The van der Waals surface area contributed by atoms with E-state index in [4.69, 9.17) is 9.26 Å². The first-order chi connectivity index (χ1) is 11.3. The van der Waals surface area contributed by atoms with Crippen molar-refractivity contribution in [2.45, 2.75) is 57.0 Å². The van der Waals surface area contributed by atoms with Crippen LogP contribution >= 0.6 is 0 Å². The molecule has 2 aliphatic rings. The Labute approximate surface area is 135 Å². The van der Waals surface area contributed by atoms with Crippen molar-refractivity contribution in [2.24, 2.45) is 0 Å². The van der Waals surface area contributed by atoms with Crippen molar-refractivity contribution < 1.29 is 14.1 Å². The molecule has 1 aromatic heterocycles. The molecule has 122 valence electrons. The van der Waals surface area contributed by atoms with E-state index in [2.05, 4.69) is 10.1 Å².